The number of carbonyl (C=O) groups is 2. The molecule has 0 aromatic heterocycles. The molecule has 36 heavy (non-hydrogen) atoms. The summed E-state index contributed by atoms with van der Waals surface area (Å²) in [4.78, 5) is 22.9. The molecule has 0 saturated carbocycles. The molecule has 1 atom stereocenters. The van der Waals surface area contributed by atoms with Gasteiger partial charge in [0.2, 0.25) is 5.75 Å². The van der Waals surface area contributed by atoms with Crippen LogP contribution in [0.3, 0.4) is 0 Å². The SMILES string of the molecule is COc1cc(N2CCN(CCC(O)COc3ccccc3)CC2)cc(OC)c1OC.O=C(O)C(=O)O. The molecular formula is C25H34N2O9. The van der Waals surface area contributed by atoms with Crippen LogP contribution in [0.5, 0.6) is 23.0 Å². The van der Waals surface area contributed by atoms with Crippen molar-refractivity contribution in [2.24, 2.45) is 0 Å². The molecule has 1 heterocycles. The number of methoxy groups -OCH3 is 3. The Hall–Kier alpha value is -3.70. The maximum atomic E-state index is 10.2. The van der Waals surface area contributed by atoms with Gasteiger partial charge in [-0.3, -0.25) is 4.90 Å². The van der Waals surface area contributed by atoms with Gasteiger partial charge >= 0.3 is 11.9 Å². The maximum absolute atomic E-state index is 10.2. The third-order valence-electron chi connectivity index (χ3n) is 5.53. The summed E-state index contributed by atoms with van der Waals surface area (Å²) in [5.41, 5.74) is 1.06. The number of rotatable bonds is 10. The highest BCUT2D eigenvalue weighted by molar-refractivity contribution is 6.27. The van der Waals surface area contributed by atoms with Gasteiger partial charge in [0.05, 0.1) is 27.4 Å². The highest BCUT2D eigenvalue weighted by Gasteiger charge is 2.21. The van der Waals surface area contributed by atoms with E-state index in [1.54, 1.807) is 21.3 Å². The first kappa shape index (κ1) is 28.5. The molecule has 1 unspecified atom stereocenters. The van der Waals surface area contributed by atoms with E-state index in [1.807, 2.05) is 42.5 Å². The van der Waals surface area contributed by atoms with Gasteiger partial charge < -0.3 is 39.2 Å². The molecule has 0 amide bonds. The Balaban J connectivity index is 0.000000678. The van der Waals surface area contributed by atoms with Crippen LogP contribution in [0.2, 0.25) is 0 Å². The first-order valence-corrected chi connectivity index (χ1v) is 11.4. The number of hydrogen-bond donors (Lipinski definition) is 3. The predicted octanol–water partition coefficient (Wildman–Crippen LogP) is 1.82. The van der Waals surface area contributed by atoms with E-state index in [2.05, 4.69) is 9.80 Å². The zero-order valence-corrected chi connectivity index (χ0v) is 20.8. The number of aliphatic hydroxyl groups is 1. The summed E-state index contributed by atoms with van der Waals surface area (Å²) < 4.78 is 22.0. The van der Waals surface area contributed by atoms with Gasteiger partial charge in [-0.2, -0.15) is 0 Å². The molecule has 0 bridgehead atoms. The molecule has 1 saturated heterocycles. The summed E-state index contributed by atoms with van der Waals surface area (Å²) in [5, 5.41) is 25.0. The minimum absolute atomic E-state index is 0.315. The van der Waals surface area contributed by atoms with E-state index in [4.69, 9.17) is 38.7 Å². The lowest BCUT2D eigenvalue weighted by Gasteiger charge is -2.36. The Morgan fingerprint density at radius 2 is 1.44 bits per heavy atom. The first-order valence-electron chi connectivity index (χ1n) is 11.4. The van der Waals surface area contributed by atoms with E-state index in [9.17, 15) is 5.11 Å². The highest BCUT2D eigenvalue weighted by Crippen LogP contribution is 2.41. The average Bonchev–Trinajstić information content (AvgIpc) is 2.91. The lowest BCUT2D eigenvalue weighted by molar-refractivity contribution is -0.159. The molecule has 1 aliphatic heterocycles. The molecule has 11 heteroatoms. The number of carboxylic acids is 2. The van der Waals surface area contributed by atoms with Crippen molar-refractivity contribution in [2.45, 2.75) is 12.5 Å². The van der Waals surface area contributed by atoms with Gasteiger partial charge in [-0.1, -0.05) is 18.2 Å². The number of para-hydroxylation sites is 1. The van der Waals surface area contributed by atoms with E-state index >= 15 is 0 Å². The van der Waals surface area contributed by atoms with Crippen molar-refractivity contribution in [1.82, 2.24) is 4.90 Å². The molecule has 0 aliphatic carbocycles. The van der Waals surface area contributed by atoms with Crippen LogP contribution in [-0.4, -0.2) is 98.9 Å². The number of hydrogen-bond acceptors (Lipinski definition) is 9. The maximum Gasteiger partial charge on any atom is 0.414 e. The Kier molecular flexibility index (Phi) is 11.6. The minimum atomic E-state index is -1.82. The van der Waals surface area contributed by atoms with Crippen molar-refractivity contribution in [3.05, 3.63) is 42.5 Å². The summed E-state index contributed by atoms with van der Waals surface area (Å²) in [6.45, 7) is 4.83. The third-order valence-corrected chi connectivity index (χ3v) is 5.53. The van der Waals surface area contributed by atoms with Crippen LogP contribution < -0.4 is 23.8 Å². The number of aliphatic carboxylic acids is 2. The van der Waals surface area contributed by atoms with Gasteiger partial charge in [-0.15, -0.1) is 0 Å². The summed E-state index contributed by atoms with van der Waals surface area (Å²) in [6.07, 6.45) is 0.218. The highest BCUT2D eigenvalue weighted by atomic mass is 16.5. The Morgan fingerprint density at radius 1 is 0.889 bits per heavy atom. The normalized spacial score (nSPS) is 14.2. The zero-order valence-electron chi connectivity index (χ0n) is 20.8. The van der Waals surface area contributed by atoms with Crippen molar-refractivity contribution < 1.29 is 43.9 Å². The van der Waals surface area contributed by atoms with Crippen LogP contribution in [0.4, 0.5) is 5.69 Å². The Morgan fingerprint density at radius 3 is 1.92 bits per heavy atom. The molecule has 3 N–H and O–H groups in total. The molecule has 11 nitrogen and oxygen atoms in total. The molecule has 0 radical (unpaired) electrons. The summed E-state index contributed by atoms with van der Waals surface area (Å²) in [7, 11) is 4.87. The number of carboxylic acid groups (broad SMARTS) is 2. The number of ether oxygens (including phenoxy) is 4. The summed E-state index contributed by atoms with van der Waals surface area (Å²) in [6, 6.07) is 13.6. The monoisotopic (exact) mass is 506 g/mol. The second kappa shape index (κ2) is 14.6. The lowest BCUT2D eigenvalue weighted by atomic mass is 10.2. The number of piperazine rings is 1. The number of anilines is 1. The average molecular weight is 507 g/mol. The third kappa shape index (κ3) is 8.82. The molecule has 198 valence electrons. The largest absolute Gasteiger partial charge is 0.493 e. The fraction of sp³-hybridized carbons (Fsp3) is 0.440. The van der Waals surface area contributed by atoms with Crippen molar-refractivity contribution in [3.63, 3.8) is 0 Å². The van der Waals surface area contributed by atoms with Gasteiger partial charge in [0, 0.05) is 50.5 Å². The standard InChI is InChI=1S/C23H32N2O5.C2H2O4/c1-27-21-15-18(16-22(28-2)23(21)29-3)25-13-11-24(12-14-25)10-9-19(26)17-30-20-7-5-4-6-8-20;3-1(4)2(5)6/h4-8,15-16,19,26H,9-14,17H2,1-3H3;(H,3,4)(H,5,6). The molecule has 2 aromatic rings. The fourth-order valence-corrected chi connectivity index (χ4v) is 3.60. The van der Waals surface area contributed by atoms with Crippen LogP contribution in [-0.2, 0) is 9.59 Å². The van der Waals surface area contributed by atoms with Crippen LogP contribution in [0.25, 0.3) is 0 Å². The molecule has 1 aliphatic rings. The quantitative estimate of drug-likeness (QED) is 0.407. The van der Waals surface area contributed by atoms with E-state index in [-0.39, 0.29) is 0 Å². The Bertz CT molecular complexity index is 926. The molecule has 3 rings (SSSR count). The van der Waals surface area contributed by atoms with Crippen LogP contribution in [0.1, 0.15) is 6.42 Å². The van der Waals surface area contributed by atoms with E-state index < -0.39 is 18.0 Å². The van der Waals surface area contributed by atoms with Crippen molar-refractivity contribution in [2.75, 3.05) is 65.6 Å². The predicted molar refractivity (Wildman–Crippen MR) is 133 cm³/mol. The van der Waals surface area contributed by atoms with Crippen molar-refractivity contribution in [3.8, 4) is 23.0 Å². The van der Waals surface area contributed by atoms with Gasteiger partial charge in [0.1, 0.15) is 12.4 Å². The second-order valence-corrected chi connectivity index (χ2v) is 7.89. The lowest BCUT2D eigenvalue weighted by Crippen LogP contribution is -2.47. The van der Waals surface area contributed by atoms with E-state index in [0.717, 1.165) is 44.2 Å². The number of aliphatic hydroxyl groups excluding tert-OH is 1. The summed E-state index contributed by atoms with van der Waals surface area (Å²) >= 11 is 0. The van der Waals surface area contributed by atoms with E-state index in [0.29, 0.717) is 30.3 Å². The second-order valence-electron chi connectivity index (χ2n) is 7.89. The van der Waals surface area contributed by atoms with Crippen molar-refractivity contribution in [1.29, 1.82) is 0 Å². The molecule has 1 fully saturated rings. The minimum Gasteiger partial charge on any atom is -0.493 e. The van der Waals surface area contributed by atoms with Gasteiger partial charge in [-0.05, 0) is 18.6 Å². The van der Waals surface area contributed by atoms with E-state index in [1.165, 1.54) is 0 Å². The van der Waals surface area contributed by atoms with Gasteiger partial charge in [-0.25, -0.2) is 9.59 Å². The number of benzene rings is 2. The first-order chi connectivity index (χ1) is 17.3. The van der Waals surface area contributed by atoms with Gasteiger partial charge in [0.15, 0.2) is 11.5 Å². The number of nitrogens with zero attached hydrogens (tertiary/aromatic N) is 2. The molecular weight excluding hydrogens is 472 g/mol. The zero-order chi connectivity index (χ0) is 26.5. The van der Waals surface area contributed by atoms with Crippen LogP contribution in [0, 0.1) is 0 Å². The Labute approximate surface area is 210 Å². The van der Waals surface area contributed by atoms with Crippen LogP contribution in [0.15, 0.2) is 42.5 Å². The van der Waals surface area contributed by atoms with Crippen LogP contribution >= 0.6 is 0 Å². The molecule has 2 aromatic carbocycles. The molecule has 0 spiro atoms. The smallest absolute Gasteiger partial charge is 0.414 e. The fourth-order valence-electron chi connectivity index (χ4n) is 3.60. The summed E-state index contributed by atoms with van der Waals surface area (Å²) in [5.74, 6) is -0.929. The topological polar surface area (TPSA) is 138 Å². The van der Waals surface area contributed by atoms with Crippen molar-refractivity contribution >= 4 is 17.6 Å². The van der Waals surface area contributed by atoms with Gasteiger partial charge in [0.25, 0.3) is 0 Å².